The molecule has 1 aromatic carbocycles. The summed E-state index contributed by atoms with van der Waals surface area (Å²) in [6.07, 6.45) is -3.35. The van der Waals surface area contributed by atoms with Gasteiger partial charge in [-0.3, -0.25) is 0 Å². The van der Waals surface area contributed by atoms with E-state index in [4.69, 9.17) is 4.74 Å². The predicted molar refractivity (Wildman–Crippen MR) is 71.2 cm³/mol. The fourth-order valence-corrected chi connectivity index (χ4v) is 1.68. The van der Waals surface area contributed by atoms with Gasteiger partial charge in [0.2, 0.25) is 0 Å². The lowest BCUT2D eigenvalue weighted by Crippen LogP contribution is -2.08. The second-order valence-electron chi connectivity index (χ2n) is 4.28. The smallest absolute Gasteiger partial charge is 0.433 e. The molecule has 2 rings (SSSR count). The molecule has 0 aliphatic rings. The molecule has 0 atom stereocenters. The van der Waals surface area contributed by atoms with Crippen LogP contribution in [0.5, 0.6) is 11.5 Å². The van der Waals surface area contributed by atoms with Gasteiger partial charge >= 0.3 is 6.18 Å². The maximum absolute atomic E-state index is 12.4. The lowest BCUT2D eigenvalue weighted by molar-refractivity contribution is -0.141. The number of phenolic OH excluding ortho intramolecular Hbond substituents is 1. The highest BCUT2D eigenvalue weighted by Gasteiger charge is 2.31. The van der Waals surface area contributed by atoms with Crippen LogP contribution in [0.3, 0.4) is 0 Å². The lowest BCUT2D eigenvalue weighted by atomic mass is 10.2. The molecule has 7 heteroatoms. The topological polar surface area (TPSA) is 54.4 Å². The van der Waals surface area contributed by atoms with Crippen molar-refractivity contribution in [1.82, 2.24) is 4.98 Å². The van der Waals surface area contributed by atoms with E-state index in [0.29, 0.717) is 17.0 Å². The third kappa shape index (κ3) is 3.77. The Morgan fingerprint density at radius 2 is 2.00 bits per heavy atom. The minimum absolute atomic E-state index is 0.0433. The number of rotatable bonds is 4. The minimum Gasteiger partial charge on any atom is -0.507 e. The molecule has 2 N–H and O–H groups in total. The Hall–Kier alpha value is -2.44. The van der Waals surface area contributed by atoms with Crippen molar-refractivity contribution in [1.29, 1.82) is 0 Å². The van der Waals surface area contributed by atoms with Crippen molar-refractivity contribution in [3.8, 4) is 11.5 Å². The Bertz CT molecular complexity index is 613. The van der Waals surface area contributed by atoms with Crippen LogP contribution in [-0.4, -0.2) is 17.2 Å². The number of alkyl halides is 3. The average Bonchev–Trinajstić information content (AvgIpc) is 2.45. The monoisotopic (exact) mass is 298 g/mol. The number of ether oxygens (including phenoxy) is 1. The van der Waals surface area contributed by atoms with Crippen LogP contribution in [-0.2, 0) is 12.7 Å². The van der Waals surface area contributed by atoms with E-state index in [1.54, 1.807) is 12.1 Å². The molecule has 0 aliphatic carbocycles. The molecule has 0 spiro atoms. The largest absolute Gasteiger partial charge is 0.507 e. The molecular formula is C14H13F3N2O2. The van der Waals surface area contributed by atoms with Crippen LogP contribution in [0.1, 0.15) is 11.3 Å². The van der Waals surface area contributed by atoms with E-state index in [2.05, 4.69) is 10.3 Å². The normalized spacial score (nSPS) is 11.2. The molecule has 0 fully saturated rings. The maximum atomic E-state index is 12.4. The predicted octanol–water partition coefficient (Wildman–Crippen LogP) is 3.43. The number of aromatic nitrogens is 1. The van der Waals surface area contributed by atoms with Crippen LogP contribution >= 0.6 is 0 Å². The number of aromatic hydroxyl groups is 1. The Morgan fingerprint density at radius 1 is 1.24 bits per heavy atom. The Labute approximate surface area is 119 Å². The summed E-state index contributed by atoms with van der Waals surface area (Å²) in [6, 6.07) is 7.00. The number of nitrogens with one attached hydrogen (secondary N) is 1. The first-order valence-corrected chi connectivity index (χ1v) is 6.03. The van der Waals surface area contributed by atoms with Crippen molar-refractivity contribution in [3.63, 3.8) is 0 Å². The molecular weight excluding hydrogens is 285 g/mol. The molecule has 2 aromatic rings. The fraction of sp³-hybridized carbons (Fsp3) is 0.214. The molecule has 4 nitrogen and oxygen atoms in total. The summed E-state index contributed by atoms with van der Waals surface area (Å²) in [5, 5.41) is 12.7. The quantitative estimate of drug-likeness (QED) is 0.908. The van der Waals surface area contributed by atoms with Crippen LogP contribution in [0.2, 0.25) is 0 Å². The Balaban J connectivity index is 2.03. The van der Waals surface area contributed by atoms with Crippen molar-refractivity contribution in [3.05, 3.63) is 47.8 Å². The van der Waals surface area contributed by atoms with Crippen molar-refractivity contribution >= 4 is 5.69 Å². The summed E-state index contributed by atoms with van der Waals surface area (Å²) >= 11 is 0. The molecule has 112 valence electrons. The van der Waals surface area contributed by atoms with Crippen LogP contribution in [0.4, 0.5) is 18.9 Å². The van der Waals surface area contributed by atoms with Crippen molar-refractivity contribution in [2.75, 3.05) is 12.4 Å². The lowest BCUT2D eigenvalue weighted by Gasteiger charge is -2.10. The van der Waals surface area contributed by atoms with Crippen LogP contribution in [0.15, 0.2) is 36.5 Å². The summed E-state index contributed by atoms with van der Waals surface area (Å²) < 4.78 is 42.1. The zero-order valence-electron chi connectivity index (χ0n) is 11.1. The third-order valence-electron chi connectivity index (χ3n) is 2.83. The van der Waals surface area contributed by atoms with Gasteiger partial charge in [0.25, 0.3) is 0 Å². The SMILES string of the molecule is COc1ccc(CNc2ccc(C(F)(F)F)nc2)c(O)c1. The van der Waals surface area contributed by atoms with E-state index in [0.717, 1.165) is 12.3 Å². The first-order chi connectivity index (χ1) is 9.90. The van der Waals surface area contributed by atoms with Crippen molar-refractivity contribution < 1.29 is 23.0 Å². The zero-order chi connectivity index (χ0) is 15.5. The summed E-state index contributed by atoms with van der Waals surface area (Å²) in [6.45, 7) is 0.253. The minimum atomic E-state index is -4.45. The Morgan fingerprint density at radius 3 is 2.52 bits per heavy atom. The van der Waals surface area contributed by atoms with E-state index >= 15 is 0 Å². The molecule has 0 bridgehead atoms. The number of methoxy groups -OCH3 is 1. The molecule has 1 aromatic heterocycles. The number of hydrogen-bond donors (Lipinski definition) is 2. The van der Waals surface area contributed by atoms with Gasteiger partial charge in [-0.25, -0.2) is 4.98 Å². The van der Waals surface area contributed by atoms with Gasteiger partial charge in [-0.2, -0.15) is 13.2 Å². The van der Waals surface area contributed by atoms with Gasteiger partial charge in [0.15, 0.2) is 0 Å². The van der Waals surface area contributed by atoms with Gasteiger partial charge in [-0.15, -0.1) is 0 Å². The molecule has 21 heavy (non-hydrogen) atoms. The number of nitrogens with zero attached hydrogens (tertiary/aromatic N) is 1. The number of phenols is 1. The maximum Gasteiger partial charge on any atom is 0.433 e. The van der Waals surface area contributed by atoms with Gasteiger partial charge in [0, 0.05) is 18.2 Å². The van der Waals surface area contributed by atoms with Gasteiger partial charge < -0.3 is 15.2 Å². The van der Waals surface area contributed by atoms with E-state index in [9.17, 15) is 18.3 Å². The van der Waals surface area contributed by atoms with Gasteiger partial charge in [0.05, 0.1) is 19.0 Å². The van der Waals surface area contributed by atoms with Crippen molar-refractivity contribution in [2.24, 2.45) is 0 Å². The standard InChI is InChI=1S/C14H13F3N2O2/c1-21-11-4-2-9(12(20)6-11)7-18-10-3-5-13(19-8-10)14(15,16)17/h2-6,8,18,20H,7H2,1H3. The molecule has 1 heterocycles. The second kappa shape index (κ2) is 5.90. The van der Waals surface area contributed by atoms with E-state index in [1.165, 1.54) is 19.2 Å². The summed E-state index contributed by atoms with van der Waals surface area (Å²) in [5.41, 5.74) is 0.0780. The molecule has 0 unspecified atom stereocenters. The molecule has 0 aliphatic heterocycles. The zero-order valence-corrected chi connectivity index (χ0v) is 11.1. The van der Waals surface area contributed by atoms with Crippen LogP contribution in [0, 0.1) is 0 Å². The van der Waals surface area contributed by atoms with Crippen LogP contribution in [0.25, 0.3) is 0 Å². The molecule has 0 saturated carbocycles. The highest BCUT2D eigenvalue weighted by atomic mass is 19.4. The number of anilines is 1. The van der Waals surface area contributed by atoms with Crippen molar-refractivity contribution in [2.45, 2.75) is 12.7 Å². The van der Waals surface area contributed by atoms with Gasteiger partial charge in [0.1, 0.15) is 17.2 Å². The molecule has 0 amide bonds. The van der Waals surface area contributed by atoms with E-state index < -0.39 is 11.9 Å². The molecule has 0 saturated heterocycles. The summed E-state index contributed by atoms with van der Waals surface area (Å²) in [4.78, 5) is 3.34. The van der Waals surface area contributed by atoms with Gasteiger partial charge in [-0.05, 0) is 24.3 Å². The number of hydrogen-bond acceptors (Lipinski definition) is 4. The summed E-state index contributed by atoms with van der Waals surface area (Å²) in [7, 11) is 1.49. The highest BCUT2D eigenvalue weighted by Crippen LogP contribution is 2.28. The number of benzene rings is 1. The first-order valence-electron chi connectivity index (χ1n) is 6.03. The third-order valence-corrected chi connectivity index (χ3v) is 2.83. The van der Waals surface area contributed by atoms with E-state index in [-0.39, 0.29) is 12.3 Å². The Kier molecular flexibility index (Phi) is 4.21. The van der Waals surface area contributed by atoms with E-state index in [1.807, 2.05) is 0 Å². The number of halogens is 3. The molecule has 0 radical (unpaired) electrons. The average molecular weight is 298 g/mol. The number of pyridine rings is 1. The first kappa shape index (κ1) is 15.0. The van der Waals surface area contributed by atoms with Crippen LogP contribution < -0.4 is 10.1 Å². The highest BCUT2D eigenvalue weighted by molar-refractivity contribution is 5.45. The second-order valence-corrected chi connectivity index (χ2v) is 4.28. The summed E-state index contributed by atoms with van der Waals surface area (Å²) in [5.74, 6) is 0.564. The van der Waals surface area contributed by atoms with Gasteiger partial charge in [-0.1, -0.05) is 0 Å². The fourth-order valence-electron chi connectivity index (χ4n) is 1.68.